The number of hydrogen-bond donors (Lipinski definition) is 2. The molecule has 0 spiro atoms. The van der Waals surface area contributed by atoms with Crippen LogP contribution in [0.1, 0.15) is 10.5 Å². The van der Waals surface area contributed by atoms with Crippen LogP contribution < -0.4 is 10.1 Å². The number of carbonyl (C=O) groups is 2. The van der Waals surface area contributed by atoms with E-state index in [1.807, 2.05) is 24.3 Å². The Labute approximate surface area is 138 Å². The molecule has 2 aromatic carbocycles. The van der Waals surface area contributed by atoms with Gasteiger partial charge in [0.1, 0.15) is 11.4 Å². The van der Waals surface area contributed by atoms with Gasteiger partial charge >= 0.3 is 5.97 Å². The number of hydrogen-bond acceptors (Lipinski definition) is 4. The average molecular weight is 324 g/mol. The number of amides is 1. The number of ether oxygens (including phenoxy) is 2. The minimum atomic E-state index is -0.577. The first-order chi connectivity index (χ1) is 11.7. The minimum Gasteiger partial charge on any atom is -0.497 e. The number of para-hydroxylation sites is 1. The molecular formula is C18H16N2O4. The summed E-state index contributed by atoms with van der Waals surface area (Å²) >= 11 is 0. The summed E-state index contributed by atoms with van der Waals surface area (Å²) < 4.78 is 10.1. The lowest BCUT2D eigenvalue weighted by atomic mass is 10.2. The van der Waals surface area contributed by atoms with Gasteiger partial charge in [-0.05, 0) is 24.3 Å². The van der Waals surface area contributed by atoms with Crippen molar-refractivity contribution in [2.75, 3.05) is 19.0 Å². The zero-order valence-electron chi connectivity index (χ0n) is 13.0. The Bertz CT molecular complexity index is 852. The van der Waals surface area contributed by atoms with Crippen molar-refractivity contribution < 1.29 is 19.1 Å². The zero-order valence-corrected chi connectivity index (χ0v) is 13.0. The molecule has 0 bridgehead atoms. The summed E-state index contributed by atoms with van der Waals surface area (Å²) in [6.45, 7) is -0.370. The summed E-state index contributed by atoms with van der Waals surface area (Å²) in [5, 5.41) is 3.55. The van der Waals surface area contributed by atoms with Crippen LogP contribution in [-0.2, 0) is 9.53 Å². The first-order valence-electron chi connectivity index (χ1n) is 7.34. The van der Waals surface area contributed by atoms with Gasteiger partial charge in [-0.1, -0.05) is 24.3 Å². The monoisotopic (exact) mass is 324 g/mol. The second kappa shape index (κ2) is 6.87. The molecule has 0 aliphatic carbocycles. The lowest BCUT2D eigenvalue weighted by Gasteiger charge is -2.07. The summed E-state index contributed by atoms with van der Waals surface area (Å²) in [6, 6.07) is 16.1. The van der Waals surface area contributed by atoms with Crippen LogP contribution in [0.3, 0.4) is 0 Å². The van der Waals surface area contributed by atoms with Crippen molar-refractivity contribution >= 4 is 28.5 Å². The molecule has 1 heterocycles. The van der Waals surface area contributed by atoms with Crippen LogP contribution in [0.5, 0.6) is 5.75 Å². The molecule has 0 fully saturated rings. The Kier molecular flexibility index (Phi) is 4.47. The van der Waals surface area contributed by atoms with Crippen molar-refractivity contribution in [2.45, 2.75) is 0 Å². The van der Waals surface area contributed by atoms with Crippen LogP contribution >= 0.6 is 0 Å². The lowest BCUT2D eigenvalue weighted by Crippen LogP contribution is -2.21. The number of aromatic nitrogens is 1. The summed E-state index contributed by atoms with van der Waals surface area (Å²) in [7, 11) is 1.54. The molecule has 122 valence electrons. The Morgan fingerprint density at radius 2 is 1.92 bits per heavy atom. The van der Waals surface area contributed by atoms with Crippen LogP contribution in [0.25, 0.3) is 10.9 Å². The van der Waals surface area contributed by atoms with Crippen molar-refractivity contribution in [3.05, 3.63) is 60.3 Å². The Balaban J connectivity index is 1.58. The van der Waals surface area contributed by atoms with Gasteiger partial charge in [-0.15, -0.1) is 0 Å². The number of anilines is 1. The van der Waals surface area contributed by atoms with Gasteiger partial charge in [0.25, 0.3) is 5.91 Å². The summed E-state index contributed by atoms with van der Waals surface area (Å²) in [5.41, 5.74) is 1.72. The number of rotatable bonds is 5. The van der Waals surface area contributed by atoms with Gasteiger partial charge in [0, 0.05) is 22.7 Å². The fraction of sp³-hybridized carbons (Fsp3) is 0.111. The number of H-pyrrole nitrogens is 1. The summed E-state index contributed by atoms with van der Waals surface area (Å²) in [4.78, 5) is 26.9. The molecule has 6 nitrogen and oxygen atoms in total. The van der Waals surface area contributed by atoms with E-state index in [0.717, 1.165) is 10.9 Å². The molecule has 3 aromatic rings. The molecule has 0 saturated carbocycles. The van der Waals surface area contributed by atoms with Gasteiger partial charge in [-0.2, -0.15) is 0 Å². The molecule has 0 atom stereocenters. The third kappa shape index (κ3) is 3.55. The van der Waals surface area contributed by atoms with Gasteiger partial charge in [0.15, 0.2) is 6.61 Å². The van der Waals surface area contributed by atoms with E-state index in [1.54, 1.807) is 37.4 Å². The average Bonchev–Trinajstić information content (AvgIpc) is 3.04. The molecular weight excluding hydrogens is 308 g/mol. The van der Waals surface area contributed by atoms with E-state index in [4.69, 9.17) is 9.47 Å². The van der Waals surface area contributed by atoms with Gasteiger partial charge in [-0.25, -0.2) is 4.79 Å². The second-order valence-electron chi connectivity index (χ2n) is 5.13. The first-order valence-corrected chi connectivity index (χ1v) is 7.34. The Hall–Kier alpha value is -3.28. The summed E-state index contributed by atoms with van der Waals surface area (Å²) in [5.74, 6) is -0.373. The van der Waals surface area contributed by atoms with E-state index in [1.165, 1.54) is 0 Å². The van der Waals surface area contributed by atoms with Gasteiger partial charge in [0.05, 0.1) is 7.11 Å². The van der Waals surface area contributed by atoms with Gasteiger partial charge < -0.3 is 19.8 Å². The molecule has 0 radical (unpaired) electrons. The van der Waals surface area contributed by atoms with Crippen LogP contribution in [0.2, 0.25) is 0 Å². The van der Waals surface area contributed by atoms with Crippen molar-refractivity contribution in [2.24, 2.45) is 0 Å². The SMILES string of the molecule is COc1cccc(NC(=O)COC(=O)c2cc3ccccc3[nH]2)c1. The third-order valence-electron chi connectivity index (χ3n) is 3.44. The highest BCUT2D eigenvalue weighted by Gasteiger charge is 2.13. The van der Waals surface area contributed by atoms with Crippen molar-refractivity contribution in [1.29, 1.82) is 0 Å². The van der Waals surface area contributed by atoms with E-state index in [2.05, 4.69) is 10.3 Å². The van der Waals surface area contributed by atoms with Crippen LogP contribution in [0.15, 0.2) is 54.6 Å². The largest absolute Gasteiger partial charge is 0.497 e. The maximum absolute atomic E-state index is 12.0. The topological polar surface area (TPSA) is 80.4 Å². The summed E-state index contributed by atoms with van der Waals surface area (Å²) in [6.07, 6.45) is 0. The third-order valence-corrected chi connectivity index (χ3v) is 3.44. The standard InChI is InChI=1S/C18H16N2O4/c1-23-14-7-4-6-13(10-14)19-17(21)11-24-18(22)16-9-12-5-2-3-8-15(12)20-16/h2-10,20H,11H2,1H3,(H,19,21). The zero-order chi connectivity index (χ0) is 16.9. The molecule has 0 aliphatic heterocycles. The number of carbonyl (C=O) groups excluding carboxylic acids is 2. The predicted octanol–water partition coefficient (Wildman–Crippen LogP) is 2.97. The van der Waals surface area contributed by atoms with Crippen molar-refractivity contribution in [3.8, 4) is 5.75 Å². The molecule has 0 unspecified atom stereocenters. The van der Waals surface area contributed by atoms with E-state index >= 15 is 0 Å². The molecule has 6 heteroatoms. The van der Waals surface area contributed by atoms with Crippen LogP contribution in [-0.4, -0.2) is 30.6 Å². The second-order valence-corrected chi connectivity index (χ2v) is 5.13. The Morgan fingerprint density at radius 1 is 1.08 bits per heavy atom. The predicted molar refractivity (Wildman–Crippen MR) is 90.2 cm³/mol. The Morgan fingerprint density at radius 3 is 2.71 bits per heavy atom. The number of nitrogens with one attached hydrogen (secondary N) is 2. The molecule has 0 aliphatic rings. The number of benzene rings is 2. The highest BCUT2D eigenvalue weighted by Crippen LogP contribution is 2.17. The highest BCUT2D eigenvalue weighted by molar-refractivity contribution is 5.97. The maximum atomic E-state index is 12.0. The molecule has 1 aromatic heterocycles. The quantitative estimate of drug-likeness (QED) is 0.707. The van der Waals surface area contributed by atoms with E-state index in [-0.39, 0.29) is 6.61 Å². The highest BCUT2D eigenvalue weighted by atomic mass is 16.5. The maximum Gasteiger partial charge on any atom is 0.355 e. The van der Waals surface area contributed by atoms with Crippen molar-refractivity contribution in [3.63, 3.8) is 0 Å². The molecule has 2 N–H and O–H groups in total. The molecule has 3 rings (SSSR count). The van der Waals surface area contributed by atoms with Crippen LogP contribution in [0, 0.1) is 0 Å². The lowest BCUT2D eigenvalue weighted by molar-refractivity contribution is -0.119. The van der Waals surface area contributed by atoms with E-state index < -0.39 is 11.9 Å². The number of methoxy groups -OCH3 is 1. The van der Waals surface area contributed by atoms with E-state index in [9.17, 15) is 9.59 Å². The number of esters is 1. The van der Waals surface area contributed by atoms with Crippen molar-refractivity contribution in [1.82, 2.24) is 4.98 Å². The number of aromatic amines is 1. The smallest absolute Gasteiger partial charge is 0.355 e. The fourth-order valence-electron chi connectivity index (χ4n) is 2.29. The van der Waals surface area contributed by atoms with Gasteiger partial charge in [0.2, 0.25) is 0 Å². The first kappa shape index (κ1) is 15.6. The molecule has 24 heavy (non-hydrogen) atoms. The van der Waals surface area contributed by atoms with E-state index in [0.29, 0.717) is 17.1 Å². The normalized spacial score (nSPS) is 10.4. The van der Waals surface area contributed by atoms with Crippen LogP contribution in [0.4, 0.5) is 5.69 Å². The fourth-order valence-corrected chi connectivity index (χ4v) is 2.29. The minimum absolute atomic E-state index is 0.311. The molecule has 1 amide bonds. The number of fused-ring (bicyclic) bond motifs is 1. The molecule has 0 saturated heterocycles. The van der Waals surface area contributed by atoms with Gasteiger partial charge in [-0.3, -0.25) is 4.79 Å².